The predicted molar refractivity (Wildman–Crippen MR) is 89.1 cm³/mol. The number of nitrogens with one attached hydrogen (secondary N) is 1. The third kappa shape index (κ3) is 4.20. The SMILES string of the molecule is CCOC(=O)c1cccc(OCC(=O)Nc2ccc3c(c2)OCO3)c1. The van der Waals surface area contributed by atoms with Crippen molar-refractivity contribution in [2.75, 3.05) is 25.3 Å². The summed E-state index contributed by atoms with van der Waals surface area (Å²) in [5, 5.41) is 2.71. The summed E-state index contributed by atoms with van der Waals surface area (Å²) in [6, 6.07) is 11.6. The van der Waals surface area contributed by atoms with Crippen LogP contribution in [0.4, 0.5) is 5.69 Å². The molecule has 0 aliphatic carbocycles. The van der Waals surface area contributed by atoms with Crippen molar-refractivity contribution in [1.82, 2.24) is 0 Å². The number of carbonyl (C=O) groups excluding carboxylic acids is 2. The molecule has 130 valence electrons. The quantitative estimate of drug-likeness (QED) is 0.812. The van der Waals surface area contributed by atoms with Gasteiger partial charge in [0.25, 0.3) is 5.91 Å². The Morgan fingerprint density at radius 1 is 1.12 bits per heavy atom. The van der Waals surface area contributed by atoms with Gasteiger partial charge in [-0.15, -0.1) is 0 Å². The summed E-state index contributed by atoms with van der Waals surface area (Å²) < 4.78 is 20.8. The van der Waals surface area contributed by atoms with Gasteiger partial charge in [-0.05, 0) is 37.3 Å². The Kier molecular flexibility index (Phi) is 5.03. The standard InChI is InChI=1S/C18H17NO6/c1-2-22-18(21)12-4-3-5-14(8-12)23-10-17(20)19-13-6-7-15-16(9-13)25-11-24-15/h3-9H,2,10-11H2,1H3,(H,19,20). The van der Waals surface area contributed by atoms with Crippen molar-refractivity contribution >= 4 is 17.6 Å². The molecule has 1 heterocycles. The molecule has 3 rings (SSSR count). The lowest BCUT2D eigenvalue weighted by atomic mass is 10.2. The van der Waals surface area contributed by atoms with Crippen molar-refractivity contribution in [3.63, 3.8) is 0 Å². The number of fused-ring (bicyclic) bond motifs is 1. The van der Waals surface area contributed by atoms with Crippen LogP contribution in [0.1, 0.15) is 17.3 Å². The van der Waals surface area contributed by atoms with Crippen LogP contribution in [0.2, 0.25) is 0 Å². The molecule has 7 heteroatoms. The van der Waals surface area contributed by atoms with Crippen molar-refractivity contribution in [3.8, 4) is 17.2 Å². The van der Waals surface area contributed by atoms with Gasteiger partial charge in [-0.1, -0.05) is 6.07 Å². The number of esters is 1. The Hall–Kier alpha value is -3.22. The van der Waals surface area contributed by atoms with Crippen LogP contribution in [0.3, 0.4) is 0 Å². The van der Waals surface area contributed by atoms with E-state index in [0.29, 0.717) is 35.1 Å². The molecule has 1 aliphatic rings. The zero-order valence-electron chi connectivity index (χ0n) is 13.6. The molecule has 0 spiro atoms. The molecule has 1 aliphatic heterocycles. The zero-order valence-corrected chi connectivity index (χ0v) is 13.6. The molecule has 0 aromatic heterocycles. The molecule has 0 saturated carbocycles. The largest absolute Gasteiger partial charge is 0.484 e. The van der Waals surface area contributed by atoms with E-state index in [1.165, 1.54) is 6.07 Å². The van der Waals surface area contributed by atoms with Gasteiger partial charge in [-0.2, -0.15) is 0 Å². The highest BCUT2D eigenvalue weighted by Gasteiger charge is 2.14. The van der Waals surface area contributed by atoms with Crippen LogP contribution >= 0.6 is 0 Å². The van der Waals surface area contributed by atoms with Crippen LogP contribution in [0.15, 0.2) is 42.5 Å². The second kappa shape index (κ2) is 7.57. The van der Waals surface area contributed by atoms with E-state index in [-0.39, 0.29) is 19.3 Å². The minimum Gasteiger partial charge on any atom is -0.484 e. The Labute approximate surface area is 144 Å². The molecule has 7 nitrogen and oxygen atoms in total. The maximum absolute atomic E-state index is 12.0. The molecular formula is C18H17NO6. The Morgan fingerprint density at radius 2 is 1.96 bits per heavy atom. The van der Waals surface area contributed by atoms with E-state index >= 15 is 0 Å². The van der Waals surface area contributed by atoms with E-state index in [1.807, 2.05) is 0 Å². The van der Waals surface area contributed by atoms with Crippen LogP contribution < -0.4 is 19.5 Å². The van der Waals surface area contributed by atoms with Gasteiger partial charge < -0.3 is 24.3 Å². The molecule has 2 aromatic rings. The van der Waals surface area contributed by atoms with Crippen LogP contribution in [0.25, 0.3) is 0 Å². The second-order valence-electron chi connectivity index (χ2n) is 5.15. The Bertz CT molecular complexity index is 789. The number of carbonyl (C=O) groups is 2. The molecule has 1 amide bonds. The lowest BCUT2D eigenvalue weighted by molar-refractivity contribution is -0.118. The predicted octanol–water partition coefficient (Wildman–Crippen LogP) is 2.61. The van der Waals surface area contributed by atoms with Gasteiger partial charge in [0.1, 0.15) is 5.75 Å². The Morgan fingerprint density at radius 3 is 2.80 bits per heavy atom. The summed E-state index contributed by atoms with van der Waals surface area (Å²) in [6.07, 6.45) is 0. The number of rotatable bonds is 6. The topological polar surface area (TPSA) is 83.1 Å². The van der Waals surface area contributed by atoms with Crippen molar-refractivity contribution in [2.24, 2.45) is 0 Å². The molecule has 0 radical (unpaired) electrons. The number of amides is 1. The highest BCUT2D eigenvalue weighted by Crippen LogP contribution is 2.34. The zero-order chi connectivity index (χ0) is 17.6. The summed E-state index contributed by atoms with van der Waals surface area (Å²) in [4.78, 5) is 23.7. The first-order valence-corrected chi connectivity index (χ1v) is 7.75. The van der Waals surface area contributed by atoms with E-state index in [2.05, 4.69) is 5.32 Å². The van der Waals surface area contributed by atoms with Crippen molar-refractivity contribution in [1.29, 1.82) is 0 Å². The number of benzene rings is 2. The van der Waals surface area contributed by atoms with Gasteiger partial charge in [0, 0.05) is 11.8 Å². The van der Waals surface area contributed by atoms with Crippen LogP contribution in [-0.4, -0.2) is 31.9 Å². The minimum absolute atomic E-state index is 0.173. The summed E-state index contributed by atoms with van der Waals surface area (Å²) in [5.74, 6) is 0.871. The van der Waals surface area contributed by atoms with Crippen molar-refractivity contribution < 1.29 is 28.5 Å². The van der Waals surface area contributed by atoms with E-state index in [1.54, 1.807) is 43.3 Å². The normalized spacial score (nSPS) is 11.7. The van der Waals surface area contributed by atoms with E-state index in [9.17, 15) is 9.59 Å². The van der Waals surface area contributed by atoms with Crippen molar-refractivity contribution in [2.45, 2.75) is 6.92 Å². The van der Waals surface area contributed by atoms with Crippen LogP contribution in [-0.2, 0) is 9.53 Å². The molecule has 0 saturated heterocycles. The average molecular weight is 343 g/mol. The fraction of sp³-hybridized carbons (Fsp3) is 0.222. The van der Waals surface area contributed by atoms with Gasteiger partial charge >= 0.3 is 5.97 Å². The third-order valence-electron chi connectivity index (χ3n) is 3.37. The highest BCUT2D eigenvalue weighted by molar-refractivity contribution is 5.92. The molecule has 0 unspecified atom stereocenters. The molecule has 25 heavy (non-hydrogen) atoms. The van der Waals surface area contributed by atoms with Crippen LogP contribution in [0, 0.1) is 0 Å². The summed E-state index contributed by atoms with van der Waals surface area (Å²) in [5.41, 5.74) is 0.952. The Balaban J connectivity index is 1.55. The summed E-state index contributed by atoms with van der Waals surface area (Å²) in [6.45, 7) is 2.01. The fourth-order valence-electron chi connectivity index (χ4n) is 2.25. The smallest absolute Gasteiger partial charge is 0.338 e. The van der Waals surface area contributed by atoms with Gasteiger partial charge in [0.2, 0.25) is 6.79 Å². The first-order valence-electron chi connectivity index (χ1n) is 7.75. The third-order valence-corrected chi connectivity index (χ3v) is 3.37. The first-order chi connectivity index (χ1) is 12.2. The highest BCUT2D eigenvalue weighted by atomic mass is 16.7. The number of hydrogen-bond donors (Lipinski definition) is 1. The molecule has 2 aromatic carbocycles. The maximum atomic E-state index is 12.0. The lowest BCUT2D eigenvalue weighted by Gasteiger charge is -2.09. The second-order valence-corrected chi connectivity index (χ2v) is 5.15. The number of ether oxygens (including phenoxy) is 4. The van der Waals surface area contributed by atoms with Gasteiger partial charge in [-0.3, -0.25) is 4.79 Å². The number of hydrogen-bond acceptors (Lipinski definition) is 6. The van der Waals surface area contributed by atoms with E-state index < -0.39 is 5.97 Å². The van der Waals surface area contributed by atoms with Gasteiger partial charge in [-0.25, -0.2) is 4.79 Å². The summed E-state index contributed by atoms with van der Waals surface area (Å²) in [7, 11) is 0. The molecule has 0 fully saturated rings. The molecule has 0 bridgehead atoms. The van der Waals surface area contributed by atoms with Crippen LogP contribution in [0.5, 0.6) is 17.2 Å². The van der Waals surface area contributed by atoms with E-state index in [4.69, 9.17) is 18.9 Å². The summed E-state index contributed by atoms with van der Waals surface area (Å²) >= 11 is 0. The fourth-order valence-corrected chi connectivity index (χ4v) is 2.25. The minimum atomic E-state index is -0.433. The van der Waals surface area contributed by atoms with Gasteiger partial charge in [0.15, 0.2) is 18.1 Å². The average Bonchev–Trinajstić information content (AvgIpc) is 3.08. The molecule has 1 N–H and O–H groups in total. The maximum Gasteiger partial charge on any atom is 0.338 e. The van der Waals surface area contributed by atoms with Gasteiger partial charge in [0.05, 0.1) is 12.2 Å². The molecule has 0 atom stereocenters. The molecular weight excluding hydrogens is 326 g/mol. The number of anilines is 1. The van der Waals surface area contributed by atoms with Crippen molar-refractivity contribution in [3.05, 3.63) is 48.0 Å². The van der Waals surface area contributed by atoms with E-state index in [0.717, 1.165) is 0 Å². The monoisotopic (exact) mass is 343 g/mol. The lowest BCUT2D eigenvalue weighted by Crippen LogP contribution is -2.20. The first kappa shape index (κ1) is 16.6.